The van der Waals surface area contributed by atoms with Crippen molar-refractivity contribution in [3.05, 3.63) is 23.9 Å². The van der Waals surface area contributed by atoms with Crippen molar-refractivity contribution in [3.8, 4) is 0 Å². The smallest absolute Gasteiger partial charge is 0.257 e. The van der Waals surface area contributed by atoms with Gasteiger partial charge >= 0.3 is 0 Å². The Labute approximate surface area is 132 Å². The van der Waals surface area contributed by atoms with Gasteiger partial charge in [-0.05, 0) is 39.1 Å². The predicted molar refractivity (Wildman–Crippen MR) is 87.2 cm³/mol. The fraction of sp³-hybridized carbons (Fsp3) is 0.625. The maximum absolute atomic E-state index is 12.9. The molecule has 1 unspecified atom stereocenters. The van der Waals surface area contributed by atoms with Gasteiger partial charge in [-0.2, -0.15) is 0 Å². The van der Waals surface area contributed by atoms with Crippen molar-refractivity contribution in [2.75, 3.05) is 52.7 Å². The fourth-order valence-electron chi connectivity index (χ4n) is 2.58. The number of carbonyl (C=O) groups is 1. The molecule has 1 amide bonds. The summed E-state index contributed by atoms with van der Waals surface area (Å²) in [6.07, 6.45) is 3.94. The van der Waals surface area contributed by atoms with E-state index in [-0.39, 0.29) is 12.0 Å². The number of amides is 1. The molecule has 1 fully saturated rings. The average molecular weight is 306 g/mol. The molecular formula is C16H26N4O2. The van der Waals surface area contributed by atoms with Crippen molar-refractivity contribution in [1.82, 2.24) is 14.8 Å². The van der Waals surface area contributed by atoms with Gasteiger partial charge in [0, 0.05) is 39.5 Å². The zero-order chi connectivity index (χ0) is 15.9. The highest BCUT2D eigenvalue weighted by Crippen LogP contribution is 2.17. The minimum atomic E-state index is 0.00907. The van der Waals surface area contributed by atoms with Crippen LogP contribution in [0, 0.1) is 0 Å². The molecule has 6 nitrogen and oxygen atoms in total. The molecule has 0 saturated carbocycles. The van der Waals surface area contributed by atoms with Crippen molar-refractivity contribution < 1.29 is 9.53 Å². The molecule has 1 aliphatic heterocycles. The molecule has 0 radical (unpaired) electrons. The molecule has 1 aliphatic rings. The second-order valence-corrected chi connectivity index (χ2v) is 5.84. The first kappa shape index (κ1) is 16.7. The standard InChI is InChI=1S/C16H26N4O2/c1-17-15-14(7-4-8-18-15)16(21)20(10-9-19(2)3)12-13-6-5-11-22-13/h4,7-8,13H,5-6,9-12H2,1-3H3,(H,17,18). The SMILES string of the molecule is CNc1ncccc1C(=O)N(CCN(C)C)CC1CCCO1. The topological polar surface area (TPSA) is 57.7 Å². The van der Waals surface area contributed by atoms with Crippen LogP contribution in [0.2, 0.25) is 0 Å². The van der Waals surface area contributed by atoms with Gasteiger partial charge in [0.1, 0.15) is 5.82 Å². The number of hydrogen-bond donors (Lipinski definition) is 1. The lowest BCUT2D eigenvalue weighted by molar-refractivity contribution is 0.0512. The van der Waals surface area contributed by atoms with Crippen LogP contribution in [0.3, 0.4) is 0 Å². The highest BCUT2D eigenvalue weighted by Gasteiger charge is 2.24. The lowest BCUT2D eigenvalue weighted by Gasteiger charge is -2.27. The van der Waals surface area contributed by atoms with Crippen molar-refractivity contribution in [2.24, 2.45) is 0 Å². The minimum absolute atomic E-state index is 0.00907. The first-order valence-corrected chi connectivity index (χ1v) is 7.80. The van der Waals surface area contributed by atoms with E-state index in [1.807, 2.05) is 25.1 Å². The lowest BCUT2D eigenvalue weighted by Crippen LogP contribution is -2.41. The zero-order valence-electron chi connectivity index (χ0n) is 13.7. The van der Waals surface area contributed by atoms with Crippen LogP contribution in [0.15, 0.2) is 18.3 Å². The number of pyridine rings is 1. The number of nitrogens with one attached hydrogen (secondary N) is 1. The van der Waals surface area contributed by atoms with Crippen molar-refractivity contribution in [2.45, 2.75) is 18.9 Å². The van der Waals surface area contributed by atoms with E-state index in [0.717, 1.165) is 26.0 Å². The molecule has 1 saturated heterocycles. The van der Waals surface area contributed by atoms with Crippen LogP contribution < -0.4 is 5.32 Å². The Bertz CT molecular complexity index is 487. The van der Waals surface area contributed by atoms with Gasteiger partial charge in [0.25, 0.3) is 5.91 Å². The van der Waals surface area contributed by atoms with Gasteiger partial charge in [0.05, 0.1) is 11.7 Å². The third-order valence-electron chi connectivity index (χ3n) is 3.83. The molecule has 1 atom stereocenters. The molecule has 22 heavy (non-hydrogen) atoms. The largest absolute Gasteiger partial charge is 0.376 e. The van der Waals surface area contributed by atoms with E-state index < -0.39 is 0 Å². The van der Waals surface area contributed by atoms with Crippen molar-refractivity contribution in [3.63, 3.8) is 0 Å². The third kappa shape index (κ3) is 4.42. The quantitative estimate of drug-likeness (QED) is 0.823. The Balaban J connectivity index is 2.12. The molecule has 0 bridgehead atoms. The van der Waals surface area contributed by atoms with Crippen LogP contribution >= 0.6 is 0 Å². The molecule has 0 aromatic carbocycles. The maximum Gasteiger partial charge on any atom is 0.257 e. The van der Waals surface area contributed by atoms with Crippen molar-refractivity contribution >= 4 is 11.7 Å². The van der Waals surface area contributed by atoms with E-state index >= 15 is 0 Å². The molecular weight excluding hydrogens is 280 g/mol. The summed E-state index contributed by atoms with van der Waals surface area (Å²) in [6, 6.07) is 3.61. The van der Waals surface area contributed by atoms with Crippen LogP contribution in [-0.4, -0.2) is 74.2 Å². The number of anilines is 1. The first-order valence-electron chi connectivity index (χ1n) is 7.80. The first-order chi connectivity index (χ1) is 10.6. The van der Waals surface area contributed by atoms with E-state index in [2.05, 4.69) is 15.2 Å². The summed E-state index contributed by atoms with van der Waals surface area (Å²) < 4.78 is 5.69. The van der Waals surface area contributed by atoms with E-state index in [1.165, 1.54) is 0 Å². The molecule has 0 spiro atoms. The zero-order valence-corrected chi connectivity index (χ0v) is 13.7. The number of rotatable bonds is 7. The minimum Gasteiger partial charge on any atom is -0.376 e. The molecule has 1 aromatic rings. The predicted octanol–water partition coefficient (Wildman–Crippen LogP) is 1.31. The van der Waals surface area contributed by atoms with Crippen LogP contribution in [-0.2, 0) is 4.74 Å². The van der Waals surface area contributed by atoms with Gasteiger partial charge < -0.3 is 19.9 Å². The Morgan fingerprint density at radius 2 is 2.27 bits per heavy atom. The van der Waals surface area contributed by atoms with Gasteiger partial charge in [-0.25, -0.2) is 4.98 Å². The van der Waals surface area contributed by atoms with Crippen molar-refractivity contribution in [1.29, 1.82) is 0 Å². The number of ether oxygens (including phenoxy) is 1. The third-order valence-corrected chi connectivity index (χ3v) is 3.83. The number of hydrogen-bond acceptors (Lipinski definition) is 5. The summed E-state index contributed by atoms with van der Waals surface area (Å²) in [7, 11) is 5.80. The summed E-state index contributed by atoms with van der Waals surface area (Å²) >= 11 is 0. The second kappa shape index (κ2) is 8.10. The molecule has 1 aromatic heterocycles. The van der Waals surface area contributed by atoms with Crippen LogP contribution in [0.1, 0.15) is 23.2 Å². The number of carbonyl (C=O) groups excluding carboxylic acids is 1. The van der Waals surface area contributed by atoms with Gasteiger partial charge in [0.15, 0.2) is 0 Å². The van der Waals surface area contributed by atoms with E-state index in [1.54, 1.807) is 19.3 Å². The average Bonchev–Trinajstić information content (AvgIpc) is 3.03. The molecule has 2 heterocycles. The lowest BCUT2D eigenvalue weighted by atomic mass is 10.2. The Morgan fingerprint density at radius 1 is 1.45 bits per heavy atom. The van der Waals surface area contributed by atoms with E-state index in [9.17, 15) is 4.79 Å². The second-order valence-electron chi connectivity index (χ2n) is 5.84. The van der Waals surface area contributed by atoms with Crippen LogP contribution in [0.25, 0.3) is 0 Å². The number of nitrogens with zero attached hydrogens (tertiary/aromatic N) is 3. The molecule has 122 valence electrons. The summed E-state index contributed by atoms with van der Waals surface area (Å²) in [6.45, 7) is 2.96. The Hall–Kier alpha value is -1.66. The summed E-state index contributed by atoms with van der Waals surface area (Å²) in [5.74, 6) is 0.629. The highest BCUT2D eigenvalue weighted by molar-refractivity contribution is 5.98. The van der Waals surface area contributed by atoms with E-state index in [4.69, 9.17) is 4.74 Å². The van der Waals surface area contributed by atoms with Crippen LogP contribution in [0.4, 0.5) is 5.82 Å². The van der Waals surface area contributed by atoms with Gasteiger partial charge in [-0.15, -0.1) is 0 Å². The fourth-order valence-corrected chi connectivity index (χ4v) is 2.58. The highest BCUT2D eigenvalue weighted by atomic mass is 16.5. The molecule has 1 N–H and O–H groups in total. The number of aromatic nitrogens is 1. The summed E-state index contributed by atoms with van der Waals surface area (Å²) in [4.78, 5) is 21.1. The molecule has 6 heteroatoms. The van der Waals surface area contributed by atoms with Gasteiger partial charge in [-0.1, -0.05) is 0 Å². The Kier molecular flexibility index (Phi) is 6.15. The monoisotopic (exact) mass is 306 g/mol. The maximum atomic E-state index is 12.9. The van der Waals surface area contributed by atoms with Gasteiger partial charge in [0.2, 0.25) is 0 Å². The van der Waals surface area contributed by atoms with Crippen LogP contribution in [0.5, 0.6) is 0 Å². The summed E-state index contributed by atoms with van der Waals surface area (Å²) in [5.41, 5.74) is 0.613. The summed E-state index contributed by atoms with van der Waals surface area (Å²) in [5, 5.41) is 2.99. The van der Waals surface area contributed by atoms with Gasteiger partial charge in [-0.3, -0.25) is 4.79 Å². The Morgan fingerprint density at radius 3 is 2.91 bits per heavy atom. The van der Waals surface area contributed by atoms with E-state index in [0.29, 0.717) is 24.5 Å². The molecule has 0 aliphatic carbocycles. The molecule has 2 rings (SSSR count). The normalized spacial score (nSPS) is 17.7. The number of likely N-dealkylation sites (N-methyl/N-ethyl adjacent to an activating group) is 1.